The van der Waals surface area contributed by atoms with Crippen LogP contribution in [0.4, 0.5) is 0 Å². The van der Waals surface area contributed by atoms with E-state index < -0.39 is 0 Å². The predicted octanol–water partition coefficient (Wildman–Crippen LogP) is 0.406. The molecule has 0 aromatic heterocycles. The second-order valence-electron chi connectivity index (χ2n) is 7.08. The summed E-state index contributed by atoms with van der Waals surface area (Å²) < 4.78 is 63.5. The highest BCUT2D eigenvalue weighted by molar-refractivity contribution is 4.67. The maximum Gasteiger partial charge on any atom is 0.123 e. The molecular formula is C25H48O12. The number of terminal acetylenes is 1. The van der Waals surface area contributed by atoms with Gasteiger partial charge in [-0.15, -0.1) is 0 Å². The van der Waals surface area contributed by atoms with Crippen molar-refractivity contribution < 1.29 is 56.8 Å². The van der Waals surface area contributed by atoms with Crippen molar-refractivity contribution in [2.45, 2.75) is 0 Å². The van der Waals surface area contributed by atoms with Crippen LogP contribution in [-0.2, 0) is 56.8 Å². The zero-order valence-electron chi connectivity index (χ0n) is 22.5. The van der Waals surface area contributed by atoms with Gasteiger partial charge in [0.05, 0.1) is 139 Å². The van der Waals surface area contributed by atoms with Crippen LogP contribution in [0.3, 0.4) is 0 Å². The summed E-state index contributed by atoms with van der Waals surface area (Å²) in [5.74, 6) is 0. The molecule has 0 unspecified atom stereocenters. The molecule has 0 radical (unpaired) electrons. The Hall–Kier alpha value is -1.08. The highest BCUT2D eigenvalue weighted by Crippen LogP contribution is 1.86. The first-order valence-corrected chi connectivity index (χ1v) is 12.8. The van der Waals surface area contributed by atoms with Gasteiger partial charge in [-0.3, -0.25) is 0 Å². The largest absolute Gasteiger partial charge is 0.444 e. The summed E-state index contributed by atoms with van der Waals surface area (Å²) in [7, 11) is 1.64. The van der Waals surface area contributed by atoms with Gasteiger partial charge in [0.1, 0.15) is 12.7 Å². The molecule has 0 bridgehead atoms. The van der Waals surface area contributed by atoms with Gasteiger partial charge in [-0.1, -0.05) is 6.42 Å². The Balaban J connectivity index is 3.01. The lowest BCUT2D eigenvalue weighted by molar-refractivity contribution is -0.0274. The second-order valence-corrected chi connectivity index (χ2v) is 7.08. The third kappa shape index (κ3) is 34.9. The molecule has 0 spiro atoms. The van der Waals surface area contributed by atoms with Crippen LogP contribution in [0.5, 0.6) is 0 Å². The lowest BCUT2D eigenvalue weighted by Crippen LogP contribution is -2.15. The smallest absolute Gasteiger partial charge is 0.123 e. The summed E-state index contributed by atoms with van der Waals surface area (Å²) in [6, 6.07) is 0. The normalized spacial score (nSPS) is 11.1. The molecule has 0 saturated heterocycles. The highest BCUT2D eigenvalue weighted by Gasteiger charge is 1.96. The lowest BCUT2D eigenvalue weighted by Gasteiger charge is -2.09. The first-order chi connectivity index (χ1) is 18.4. The maximum absolute atomic E-state index is 5.45. The molecule has 0 saturated carbocycles. The van der Waals surface area contributed by atoms with E-state index >= 15 is 0 Å². The first-order valence-electron chi connectivity index (χ1n) is 12.8. The van der Waals surface area contributed by atoms with E-state index in [0.29, 0.717) is 145 Å². The maximum atomic E-state index is 5.45. The Morgan fingerprint density at radius 3 is 0.703 bits per heavy atom. The Kier molecular flexibility index (Phi) is 33.9. The Morgan fingerprint density at radius 2 is 0.514 bits per heavy atom. The molecule has 37 heavy (non-hydrogen) atoms. The van der Waals surface area contributed by atoms with Crippen LogP contribution >= 0.6 is 0 Å². The number of rotatable bonds is 33. The molecule has 0 amide bonds. The van der Waals surface area contributed by atoms with E-state index in [1.54, 1.807) is 7.11 Å². The summed E-state index contributed by atoms with van der Waals surface area (Å²) in [5.41, 5.74) is 0. The minimum atomic E-state index is 0.386. The zero-order valence-corrected chi connectivity index (χ0v) is 22.5. The summed E-state index contributed by atoms with van der Waals surface area (Å²) in [4.78, 5) is 0. The van der Waals surface area contributed by atoms with Crippen LogP contribution in [0.2, 0.25) is 0 Å². The van der Waals surface area contributed by atoms with Crippen LogP contribution in [0, 0.1) is 12.5 Å². The van der Waals surface area contributed by atoms with E-state index in [1.807, 2.05) is 0 Å². The second kappa shape index (κ2) is 34.9. The summed E-state index contributed by atoms with van der Waals surface area (Å²) in [6.07, 6.45) is 7.03. The molecule has 0 rings (SSSR count). The number of hydrogen-bond acceptors (Lipinski definition) is 12. The molecule has 220 valence electrons. The molecule has 0 aliphatic carbocycles. The summed E-state index contributed by atoms with van der Waals surface area (Å²) >= 11 is 0. The standard InChI is InChI=1S/C25H48O12/c1-3-27-6-7-29-10-11-31-14-15-33-18-19-35-22-23-37-25-24-36-21-20-34-17-16-32-13-12-30-9-8-28-5-4-26-2/h1H,4-25H2,2H3. The fraction of sp³-hybridized carbons (Fsp3) is 0.920. The van der Waals surface area contributed by atoms with E-state index in [0.717, 1.165) is 0 Å². The molecule has 0 aromatic carbocycles. The molecule has 0 N–H and O–H groups in total. The third-order valence-corrected chi connectivity index (χ3v) is 4.19. The van der Waals surface area contributed by atoms with Crippen LogP contribution in [-0.4, -0.2) is 152 Å². The van der Waals surface area contributed by atoms with Crippen LogP contribution in [0.25, 0.3) is 0 Å². The SMILES string of the molecule is C#COCCOCCOCCOCCOCCOCCOCCOCCOCCOCCOCCOC. The van der Waals surface area contributed by atoms with Gasteiger partial charge in [0.25, 0.3) is 0 Å². The quantitative estimate of drug-likeness (QED) is 0.0849. The van der Waals surface area contributed by atoms with Gasteiger partial charge in [0.2, 0.25) is 0 Å². The van der Waals surface area contributed by atoms with E-state index in [1.165, 1.54) is 0 Å². The van der Waals surface area contributed by atoms with Crippen molar-refractivity contribution >= 4 is 0 Å². The average molecular weight is 541 g/mol. The van der Waals surface area contributed by atoms with Crippen molar-refractivity contribution in [3.63, 3.8) is 0 Å². The molecule has 0 atom stereocenters. The van der Waals surface area contributed by atoms with Crippen molar-refractivity contribution in [3.8, 4) is 12.5 Å². The Labute approximate surface area is 222 Å². The molecule has 0 aromatic rings. The molecule has 0 aliphatic rings. The minimum absolute atomic E-state index is 0.386. The van der Waals surface area contributed by atoms with Crippen LogP contribution in [0.15, 0.2) is 0 Å². The Morgan fingerprint density at radius 1 is 0.324 bits per heavy atom. The van der Waals surface area contributed by atoms with Gasteiger partial charge in [0, 0.05) is 7.11 Å². The van der Waals surface area contributed by atoms with Gasteiger partial charge in [-0.25, -0.2) is 0 Å². The topological polar surface area (TPSA) is 111 Å². The molecule has 12 heteroatoms. The number of methoxy groups -OCH3 is 1. The van der Waals surface area contributed by atoms with Crippen molar-refractivity contribution in [2.75, 3.05) is 152 Å². The van der Waals surface area contributed by atoms with Gasteiger partial charge in [-0.05, 0) is 0 Å². The van der Waals surface area contributed by atoms with Gasteiger partial charge >= 0.3 is 0 Å². The van der Waals surface area contributed by atoms with E-state index in [2.05, 4.69) is 6.11 Å². The van der Waals surface area contributed by atoms with Gasteiger partial charge in [0.15, 0.2) is 0 Å². The van der Waals surface area contributed by atoms with Crippen LogP contribution in [0.1, 0.15) is 0 Å². The minimum Gasteiger partial charge on any atom is -0.444 e. The molecule has 0 aliphatic heterocycles. The highest BCUT2D eigenvalue weighted by atomic mass is 16.6. The van der Waals surface area contributed by atoms with Crippen LogP contribution < -0.4 is 0 Å². The predicted molar refractivity (Wildman–Crippen MR) is 135 cm³/mol. The van der Waals surface area contributed by atoms with Gasteiger partial charge in [-0.2, -0.15) is 0 Å². The fourth-order valence-electron chi connectivity index (χ4n) is 2.38. The summed E-state index contributed by atoms with van der Waals surface area (Å²) in [5, 5.41) is 0. The molecule has 12 nitrogen and oxygen atoms in total. The number of hydrogen-bond donors (Lipinski definition) is 0. The molecule has 0 heterocycles. The fourth-order valence-corrected chi connectivity index (χ4v) is 2.38. The molecule has 0 fully saturated rings. The van der Waals surface area contributed by atoms with Crippen molar-refractivity contribution in [3.05, 3.63) is 0 Å². The van der Waals surface area contributed by atoms with Crippen molar-refractivity contribution in [1.82, 2.24) is 0 Å². The van der Waals surface area contributed by atoms with Crippen molar-refractivity contribution in [1.29, 1.82) is 0 Å². The monoisotopic (exact) mass is 540 g/mol. The lowest BCUT2D eigenvalue weighted by atomic mass is 10.6. The summed E-state index contributed by atoms with van der Waals surface area (Å²) in [6.45, 7) is 11.4. The van der Waals surface area contributed by atoms with E-state index in [-0.39, 0.29) is 0 Å². The zero-order chi connectivity index (χ0) is 26.7. The number of ether oxygens (including phenoxy) is 12. The van der Waals surface area contributed by atoms with E-state index in [4.69, 9.17) is 63.3 Å². The Bertz CT molecular complexity index is 450. The third-order valence-electron chi connectivity index (χ3n) is 4.19. The first kappa shape index (κ1) is 35.9. The molecular weight excluding hydrogens is 492 g/mol. The average Bonchev–Trinajstić information content (AvgIpc) is 2.91. The van der Waals surface area contributed by atoms with Gasteiger partial charge < -0.3 is 56.8 Å². The van der Waals surface area contributed by atoms with E-state index in [9.17, 15) is 0 Å². The van der Waals surface area contributed by atoms with Crippen molar-refractivity contribution in [2.24, 2.45) is 0 Å².